The Hall–Kier alpha value is -0.680. The van der Waals surface area contributed by atoms with Gasteiger partial charge in [0.1, 0.15) is 0 Å². The lowest BCUT2D eigenvalue weighted by Gasteiger charge is -2.40. The minimum atomic E-state index is 0.536. The lowest BCUT2D eigenvalue weighted by molar-refractivity contribution is 0.168. The molecule has 0 aromatic carbocycles. The summed E-state index contributed by atoms with van der Waals surface area (Å²) in [6, 6.07) is 0.536. The molecule has 0 aliphatic carbocycles. The lowest BCUT2D eigenvalue weighted by Crippen LogP contribution is -2.49. The first-order chi connectivity index (χ1) is 8.61. The molecule has 2 atom stereocenters. The monoisotopic (exact) mass is 312 g/mol. The Morgan fingerprint density at radius 1 is 1.44 bits per heavy atom. The van der Waals surface area contributed by atoms with Gasteiger partial charge in [-0.15, -0.1) is 0 Å². The normalized spacial score (nSPS) is 25.1. The van der Waals surface area contributed by atoms with E-state index in [1.165, 1.54) is 19.5 Å². The van der Waals surface area contributed by atoms with E-state index in [2.05, 4.69) is 56.6 Å². The smallest absolute Gasteiger partial charge is 0.225 e. The van der Waals surface area contributed by atoms with E-state index in [0.717, 1.165) is 17.0 Å². The number of halogens is 1. The van der Waals surface area contributed by atoms with Crippen molar-refractivity contribution < 1.29 is 0 Å². The third-order valence-corrected chi connectivity index (χ3v) is 4.22. The quantitative estimate of drug-likeness (QED) is 0.858. The highest BCUT2D eigenvalue weighted by atomic mass is 79.9. The Balaban J connectivity index is 2.05. The van der Waals surface area contributed by atoms with E-state index < -0.39 is 0 Å². The van der Waals surface area contributed by atoms with Crippen molar-refractivity contribution in [1.29, 1.82) is 0 Å². The Morgan fingerprint density at radius 3 is 2.67 bits per heavy atom. The van der Waals surface area contributed by atoms with Crippen LogP contribution in [0.5, 0.6) is 0 Å². The van der Waals surface area contributed by atoms with E-state index in [4.69, 9.17) is 0 Å². The molecule has 100 valence electrons. The average Bonchev–Trinajstić information content (AvgIpc) is 2.38. The van der Waals surface area contributed by atoms with Crippen LogP contribution < -0.4 is 4.90 Å². The van der Waals surface area contributed by atoms with E-state index in [1.807, 2.05) is 12.4 Å². The van der Waals surface area contributed by atoms with Crippen LogP contribution in [-0.4, -0.2) is 47.6 Å². The molecule has 1 aliphatic heterocycles. The summed E-state index contributed by atoms with van der Waals surface area (Å²) < 4.78 is 0.925. The molecule has 0 bridgehead atoms. The van der Waals surface area contributed by atoms with E-state index >= 15 is 0 Å². The molecule has 1 fully saturated rings. The maximum atomic E-state index is 4.38. The lowest BCUT2D eigenvalue weighted by atomic mass is 9.93. The molecule has 4 nitrogen and oxygen atoms in total. The molecule has 1 aromatic rings. The van der Waals surface area contributed by atoms with Crippen LogP contribution in [0.25, 0.3) is 0 Å². The molecule has 0 spiro atoms. The number of anilines is 1. The number of aromatic nitrogens is 2. The van der Waals surface area contributed by atoms with Gasteiger partial charge in [-0.05, 0) is 34.8 Å². The molecule has 2 heterocycles. The van der Waals surface area contributed by atoms with Crippen molar-refractivity contribution in [3.05, 3.63) is 16.9 Å². The van der Waals surface area contributed by atoms with E-state index in [1.54, 1.807) is 0 Å². The molecule has 2 rings (SSSR count). The highest BCUT2D eigenvalue weighted by Gasteiger charge is 2.29. The minimum Gasteiger partial charge on any atom is -0.341 e. The molecule has 0 amide bonds. The zero-order valence-corrected chi connectivity index (χ0v) is 12.9. The van der Waals surface area contributed by atoms with E-state index in [-0.39, 0.29) is 0 Å². The van der Waals surface area contributed by atoms with Crippen LogP contribution in [0.15, 0.2) is 16.9 Å². The third kappa shape index (κ3) is 3.01. The van der Waals surface area contributed by atoms with Gasteiger partial charge in [0.2, 0.25) is 5.95 Å². The van der Waals surface area contributed by atoms with Crippen LogP contribution in [0.2, 0.25) is 0 Å². The second-order valence-electron chi connectivity index (χ2n) is 5.04. The molecular weight excluding hydrogens is 292 g/mol. The summed E-state index contributed by atoms with van der Waals surface area (Å²) in [6.45, 7) is 8.04. The SMILES string of the molecule is CCN1CC[C@@H](N(C)c2ncc(Br)cn2)[C@H](C)C1. The average molecular weight is 313 g/mol. The molecule has 0 radical (unpaired) electrons. The summed E-state index contributed by atoms with van der Waals surface area (Å²) in [5.74, 6) is 1.47. The van der Waals surface area contributed by atoms with Crippen molar-refractivity contribution in [3.63, 3.8) is 0 Å². The van der Waals surface area contributed by atoms with Crippen LogP contribution in [0.1, 0.15) is 20.3 Å². The van der Waals surface area contributed by atoms with Gasteiger partial charge in [-0.3, -0.25) is 0 Å². The van der Waals surface area contributed by atoms with Gasteiger partial charge in [0.15, 0.2) is 0 Å². The highest BCUT2D eigenvalue weighted by Crippen LogP contribution is 2.23. The van der Waals surface area contributed by atoms with Crippen LogP contribution in [0, 0.1) is 5.92 Å². The van der Waals surface area contributed by atoms with Gasteiger partial charge in [-0.25, -0.2) is 9.97 Å². The fourth-order valence-electron chi connectivity index (χ4n) is 2.72. The van der Waals surface area contributed by atoms with E-state index in [0.29, 0.717) is 12.0 Å². The number of hydrogen-bond acceptors (Lipinski definition) is 4. The summed E-state index contributed by atoms with van der Waals surface area (Å²) in [5.41, 5.74) is 0. The minimum absolute atomic E-state index is 0.536. The molecule has 1 saturated heterocycles. The standard InChI is InChI=1S/C13H21BrN4/c1-4-18-6-5-12(10(2)9-18)17(3)13-15-7-11(14)8-16-13/h7-8,10,12H,4-6,9H2,1-3H3/t10-,12-/m1/s1. The summed E-state index contributed by atoms with van der Waals surface area (Å²) in [6.07, 6.45) is 4.81. The first-order valence-electron chi connectivity index (χ1n) is 6.54. The summed E-state index contributed by atoms with van der Waals surface area (Å²) in [5, 5.41) is 0. The summed E-state index contributed by atoms with van der Waals surface area (Å²) in [4.78, 5) is 13.5. The molecule has 0 N–H and O–H groups in total. The van der Waals surface area contributed by atoms with Gasteiger partial charge in [-0.1, -0.05) is 13.8 Å². The summed E-state index contributed by atoms with van der Waals surface area (Å²) >= 11 is 3.37. The van der Waals surface area contributed by atoms with Crippen molar-refractivity contribution in [2.45, 2.75) is 26.3 Å². The molecule has 18 heavy (non-hydrogen) atoms. The first-order valence-corrected chi connectivity index (χ1v) is 7.33. The van der Waals surface area contributed by atoms with E-state index in [9.17, 15) is 0 Å². The van der Waals surface area contributed by atoms with Gasteiger partial charge >= 0.3 is 0 Å². The van der Waals surface area contributed by atoms with Gasteiger partial charge in [0, 0.05) is 38.6 Å². The Morgan fingerprint density at radius 2 is 2.11 bits per heavy atom. The molecule has 1 aromatic heterocycles. The van der Waals surface area contributed by atoms with Gasteiger partial charge < -0.3 is 9.80 Å². The van der Waals surface area contributed by atoms with Crippen LogP contribution in [0.4, 0.5) is 5.95 Å². The zero-order valence-electron chi connectivity index (χ0n) is 11.3. The second kappa shape index (κ2) is 5.97. The maximum Gasteiger partial charge on any atom is 0.225 e. The molecular formula is C13H21BrN4. The van der Waals surface area contributed by atoms with Crippen molar-refractivity contribution in [2.24, 2.45) is 5.92 Å². The molecule has 0 unspecified atom stereocenters. The predicted octanol–water partition coefficient (Wildman–Crippen LogP) is 2.41. The number of piperidine rings is 1. The largest absolute Gasteiger partial charge is 0.341 e. The number of nitrogens with zero attached hydrogens (tertiary/aromatic N) is 4. The van der Waals surface area contributed by atoms with Crippen molar-refractivity contribution in [2.75, 3.05) is 31.6 Å². The highest BCUT2D eigenvalue weighted by molar-refractivity contribution is 9.10. The number of rotatable bonds is 3. The Labute approximate surface area is 118 Å². The Bertz CT molecular complexity index is 381. The fraction of sp³-hybridized carbons (Fsp3) is 0.692. The number of hydrogen-bond donors (Lipinski definition) is 0. The van der Waals surface area contributed by atoms with Gasteiger partial charge in [0.25, 0.3) is 0 Å². The number of likely N-dealkylation sites (tertiary alicyclic amines) is 1. The fourth-order valence-corrected chi connectivity index (χ4v) is 2.92. The molecule has 0 saturated carbocycles. The van der Waals surface area contributed by atoms with Crippen molar-refractivity contribution >= 4 is 21.9 Å². The zero-order chi connectivity index (χ0) is 13.1. The topological polar surface area (TPSA) is 32.3 Å². The predicted molar refractivity (Wildman–Crippen MR) is 77.8 cm³/mol. The third-order valence-electron chi connectivity index (χ3n) is 3.81. The Kier molecular flexibility index (Phi) is 4.56. The first kappa shape index (κ1) is 13.7. The van der Waals surface area contributed by atoms with Gasteiger partial charge in [0.05, 0.1) is 4.47 Å². The van der Waals surface area contributed by atoms with Crippen LogP contribution in [-0.2, 0) is 0 Å². The van der Waals surface area contributed by atoms with Gasteiger partial charge in [-0.2, -0.15) is 0 Å². The molecule has 5 heteroatoms. The second-order valence-corrected chi connectivity index (χ2v) is 5.95. The van der Waals surface area contributed by atoms with Crippen molar-refractivity contribution in [1.82, 2.24) is 14.9 Å². The van der Waals surface area contributed by atoms with Crippen molar-refractivity contribution in [3.8, 4) is 0 Å². The van der Waals surface area contributed by atoms with Crippen LogP contribution >= 0.6 is 15.9 Å². The summed E-state index contributed by atoms with van der Waals surface area (Å²) in [7, 11) is 2.10. The molecule has 1 aliphatic rings. The van der Waals surface area contributed by atoms with Crippen LogP contribution in [0.3, 0.4) is 0 Å². The maximum absolute atomic E-state index is 4.38.